The SMILES string of the molecule is c1ccc2c(c1)OCC2NC1CCCOC1. The van der Waals surface area contributed by atoms with Gasteiger partial charge in [0.25, 0.3) is 0 Å². The van der Waals surface area contributed by atoms with Crippen LogP contribution in [0.3, 0.4) is 0 Å². The first-order valence-electron chi connectivity index (χ1n) is 5.99. The fourth-order valence-electron chi connectivity index (χ4n) is 2.46. The van der Waals surface area contributed by atoms with Gasteiger partial charge in [-0.15, -0.1) is 0 Å². The van der Waals surface area contributed by atoms with Crippen LogP contribution in [0, 0.1) is 0 Å². The number of benzene rings is 1. The first kappa shape index (κ1) is 10.1. The number of para-hydroxylation sites is 1. The van der Waals surface area contributed by atoms with E-state index in [2.05, 4.69) is 17.4 Å². The second-order valence-corrected chi connectivity index (χ2v) is 4.48. The maximum atomic E-state index is 5.65. The van der Waals surface area contributed by atoms with Crippen LogP contribution >= 0.6 is 0 Å². The number of fused-ring (bicyclic) bond motifs is 1. The lowest BCUT2D eigenvalue weighted by molar-refractivity contribution is 0.0651. The van der Waals surface area contributed by atoms with Gasteiger partial charge in [-0.05, 0) is 18.9 Å². The number of nitrogens with one attached hydrogen (secondary N) is 1. The molecule has 3 heteroatoms. The van der Waals surface area contributed by atoms with E-state index in [1.54, 1.807) is 0 Å². The van der Waals surface area contributed by atoms with Crippen LogP contribution in [0.1, 0.15) is 24.4 Å². The second kappa shape index (κ2) is 4.44. The third-order valence-electron chi connectivity index (χ3n) is 3.30. The highest BCUT2D eigenvalue weighted by molar-refractivity contribution is 5.39. The molecule has 0 bridgehead atoms. The summed E-state index contributed by atoms with van der Waals surface area (Å²) in [6.45, 7) is 2.49. The van der Waals surface area contributed by atoms with E-state index in [0.29, 0.717) is 12.1 Å². The molecule has 0 saturated carbocycles. The van der Waals surface area contributed by atoms with Crippen LogP contribution in [0.4, 0.5) is 0 Å². The summed E-state index contributed by atoms with van der Waals surface area (Å²) in [6, 6.07) is 9.08. The van der Waals surface area contributed by atoms with Crippen LogP contribution in [-0.4, -0.2) is 25.9 Å². The third kappa shape index (κ3) is 1.93. The van der Waals surface area contributed by atoms with E-state index in [-0.39, 0.29) is 0 Å². The predicted octanol–water partition coefficient (Wildman–Crippen LogP) is 1.89. The predicted molar refractivity (Wildman–Crippen MR) is 61.7 cm³/mol. The van der Waals surface area contributed by atoms with Crippen LogP contribution in [0.2, 0.25) is 0 Å². The minimum atomic E-state index is 0.336. The highest BCUT2D eigenvalue weighted by Gasteiger charge is 2.26. The second-order valence-electron chi connectivity index (χ2n) is 4.48. The smallest absolute Gasteiger partial charge is 0.124 e. The van der Waals surface area contributed by atoms with E-state index in [4.69, 9.17) is 9.47 Å². The number of hydrogen-bond donors (Lipinski definition) is 1. The number of rotatable bonds is 2. The Balaban J connectivity index is 1.68. The standard InChI is InChI=1S/C13H17NO2/c1-2-6-13-11(5-1)12(9-16-13)14-10-4-3-7-15-8-10/h1-2,5-6,10,12,14H,3-4,7-9H2. The molecule has 0 aromatic heterocycles. The first-order chi connectivity index (χ1) is 7.93. The molecule has 2 unspecified atom stereocenters. The van der Waals surface area contributed by atoms with Crippen LogP contribution in [0.15, 0.2) is 24.3 Å². The zero-order chi connectivity index (χ0) is 10.8. The van der Waals surface area contributed by atoms with E-state index in [0.717, 1.165) is 32.0 Å². The first-order valence-corrected chi connectivity index (χ1v) is 5.99. The summed E-state index contributed by atoms with van der Waals surface area (Å²) in [6.07, 6.45) is 2.37. The Morgan fingerprint density at radius 1 is 1.19 bits per heavy atom. The molecule has 16 heavy (non-hydrogen) atoms. The Hall–Kier alpha value is -1.06. The molecule has 0 aliphatic carbocycles. The minimum absolute atomic E-state index is 0.336. The third-order valence-corrected chi connectivity index (χ3v) is 3.30. The van der Waals surface area contributed by atoms with Gasteiger partial charge in [0, 0.05) is 18.2 Å². The van der Waals surface area contributed by atoms with Gasteiger partial charge < -0.3 is 14.8 Å². The van der Waals surface area contributed by atoms with E-state index >= 15 is 0 Å². The quantitative estimate of drug-likeness (QED) is 0.824. The summed E-state index contributed by atoms with van der Waals surface area (Å²) in [5.74, 6) is 1.02. The van der Waals surface area contributed by atoms with E-state index < -0.39 is 0 Å². The van der Waals surface area contributed by atoms with Crippen LogP contribution < -0.4 is 10.1 Å². The number of ether oxygens (including phenoxy) is 2. The highest BCUT2D eigenvalue weighted by Crippen LogP contribution is 2.32. The van der Waals surface area contributed by atoms with Crippen molar-refractivity contribution in [2.75, 3.05) is 19.8 Å². The van der Waals surface area contributed by atoms with Gasteiger partial charge in [0.1, 0.15) is 12.4 Å². The molecule has 2 atom stereocenters. The van der Waals surface area contributed by atoms with Crippen molar-refractivity contribution in [2.45, 2.75) is 24.9 Å². The maximum Gasteiger partial charge on any atom is 0.124 e. The van der Waals surface area contributed by atoms with Crippen molar-refractivity contribution >= 4 is 0 Å². The maximum absolute atomic E-state index is 5.65. The fraction of sp³-hybridized carbons (Fsp3) is 0.538. The van der Waals surface area contributed by atoms with Gasteiger partial charge in [0.2, 0.25) is 0 Å². The summed E-state index contributed by atoms with van der Waals surface area (Å²) >= 11 is 0. The Bertz CT molecular complexity index is 361. The topological polar surface area (TPSA) is 30.5 Å². The molecule has 2 aliphatic heterocycles. The average Bonchev–Trinajstić information content (AvgIpc) is 2.74. The van der Waals surface area contributed by atoms with Gasteiger partial charge in [0.15, 0.2) is 0 Å². The average molecular weight is 219 g/mol. The van der Waals surface area contributed by atoms with Gasteiger partial charge in [-0.25, -0.2) is 0 Å². The molecule has 2 aliphatic rings. The molecule has 3 rings (SSSR count). The van der Waals surface area contributed by atoms with Crippen LogP contribution in [0.25, 0.3) is 0 Å². The summed E-state index contributed by atoms with van der Waals surface area (Å²) < 4.78 is 11.1. The van der Waals surface area contributed by atoms with Gasteiger partial charge in [-0.1, -0.05) is 18.2 Å². The molecule has 1 saturated heterocycles. The van der Waals surface area contributed by atoms with Crippen LogP contribution in [-0.2, 0) is 4.74 Å². The molecule has 2 heterocycles. The summed E-state index contributed by atoms with van der Waals surface area (Å²) in [5, 5.41) is 3.62. The molecule has 0 amide bonds. The fourth-order valence-corrected chi connectivity index (χ4v) is 2.46. The molecular weight excluding hydrogens is 202 g/mol. The lowest BCUT2D eigenvalue weighted by Crippen LogP contribution is -2.39. The van der Waals surface area contributed by atoms with Crippen molar-refractivity contribution in [1.82, 2.24) is 5.32 Å². The van der Waals surface area contributed by atoms with Gasteiger partial charge in [0.05, 0.1) is 12.6 Å². The zero-order valence-corrected chi connectivity index (χ0v) is 9.32. The molecule has 1 fully saturated rings. The van der Waals surface area contributed by atoms with E-state index in [9.17, 15) is 0 Å². The molecule has 3 nitrogen and oxygen atoms in total. The van der Waals surface area contributed by atoms with Crippen molar-refractivity contribution < 1.29 is 9.47 Å². The minimum Gasteiger partial charge on any atom is -0.491 e. The van der Waals surface area contributed by atoms with Crippen LogP contribution in [0.5, 0.6) is 5.75 Å². The van der Waals surface area contributed by atoms with Gasteiger partial charge in [-0.3, -0.25) is 0 Å². The van der Waals surface area contributed by atoms with Crippen molar-refractivity contribution in [2.24, 2.45) is 0 Å². The van der Waals surface area contributed by atoms with E-state index in [1.807, 2.05) is 12.1 Å². The molecule has 1 aromatic carbocycles. The van der Waals surface area contributed by atoms with Crippen molar-refractivity contribution in [3.63, 3.8) is 0 Å². The Morgan fingerprint density at radius 3 is 3.00 bits per heavy atom. The summed E-state index contributed by atoms with van der Waals surface area (Å²) in [5.41, 5.74) is 1.29. The van der Waals surface area contributed by atoms with Crippen molar-refractivity contribution in [3.05, 3.63) is 29.8 Å². The normalized spacial score (nSPS) is 28.5. The lowest BCUT2D eigenvalue weighted by Gasteiger charge is -2.26. The molecule has 86 valence electrons. The molecule has 1 aromatic rings. The van der Waals surface area contributed by atoms with E-state index in [1.165, 1.54) is 12.0 Å². The Morgan fingerprint density at radius 2 is 2.12 bits per heavy atom. The monoisotopic (exact) mass is 219 g/mol. The highest BCUT2D eigenvalue weighted by atomic mass is 16.5. The molecule has 1 N–H and O–H groups in total. The molecule has 0 spiro atoms. The Kier molecular flexibility index (Phi) is 2.80. The number of hydrogen-bond acceptors (Lipinski definition) is 3. The molecular formula is C13H17NO2. The zero-order valence-electron chi connectivity index (χ0n) is 9.32. The van der Waals surface area contributed by atoms with Gasteiger partial charge in [-0.2, -0.15) is 0 Å². The largest absolute Gasteiger partial charge is 0.491 e. The summed E-state index contributed by atoms with van der Waals surface area (Å²) in [7, 11) is 0. The van der Waals surface area contributed by atoms with Crippen molar-refractivity contribution in [3.8, 4) is 5.75 Å². The lowest BCUT2D eigenvalue weighted by atomic mass is 10.1. The Labute approximate surface area is 95.8 Å². The molecule has 0 radical (unpaired) electrons. The van der Waals surface area contributed by atoms with Gasteiger partial charge >= 0.3 is 0 Å². The summed E-state index contributed by atoms with van der Waals surface area (Å²) in [4.78, 5) is 0. The van der Waals surface area contributed by atoms with Crippen molar-refractivity contribution in [1.29, 1.82) is 0 Å².